The SMILES string of the molecule is O=C(N[C@H](c1ccccc1)[C@@H](O)c1ccccc1)c1cc(C(=O)N[C@H](c2ccccc2)[C@@H](O)c2ccccc2)cc(C(=O)N[C@H](c2ccccc2)[C@@H](O)c2ccccc2)c1. The molecule has 6 atom stereocenters. The number of carbonyl (C=O) groups excluding carboxylic acids is 3. The second kappa shape index (κ2) is 19.5. The van der Waals surface area contributed by atoms with Crippen molar-refractivity contribution in [2.45, 2.75) is 36.4 Å². The van der Waals surface area contributed by atoms with Crippen LogP contribution in [0.1, 0.15) is 101 Å². The molecule has 0 aliphatic heterocycles. The lowest BCUT2D eigenvalue weighted by molar-refractivity contribution is 0.0825. The van der Waals surface area contributed by atoms with Gasteiger partial charge < -0.3 is 31.3 Å². The minimum atomic E-state index is -1.15. The monoisotopic (exact) mass is 795 g/mol. The van der Waals surface area contributed by atoms with E-state index in [4.69, 9.17) is 0 Å². The van der Waals surface area contributed by atoms with Crippen LogP contribution in [0, 0.1) is 0 Å². The molecule has 0 radical (unpaired) electrons. The number of aliphatic hydroxyl groups is 3. The Morgan fingerprint density at radius 3 is 0.683 bits per heavy atom. The zero-order chi connectivity index (χ0) is 41.8. The quantitative estimate of drug-likeness (QED) is 0.0616. The molecule has 0 fully saturated rings. The largest absolute Gasteiger partial charge is 0.386 e. The van der Waals surface area contributed by atoms with Gasteiger partial charge >= 0.3 is 0 Å². The highest BCUT2D eigenvalue weighted by Crippen LogP contribution is 2.32. The molecule has 0 saturated heterocycles. The average Bonchev–Trinajstić information content (AvgIpc) is 3.32. The first-order valence-corrected chi connectivity index (χ1v) is 19.7. The van der Waals surface area contributed by atoms with Crippen molar-refractivity contribution in [1.29, 1.82) is 0 Å². The molecule has 0 aliphatic rings. The minimum absolute atomic E-state index is 0.0336. The summed E-state index contributed by atoms with van der Waals surface area (Å²) >= 11 is 0. The van der Waals surface area contributed by atoms with Gasteiger partial charge in [0.1, 0.15) is 18.3 Å². The first-order valence-electron chi connectivity index (χ1n) is 19.7. The minimum Gasteiger partial charge on any atom is -0.386 e. The standard InChI is InChI=1S/C51H45N3O6/c55-46(37-25-13-4-14-26-37)43(34-19-7-1-8-20-34)52-49(58)40-31-41(50(59)53-44(35-21-9-2-10-22-35)47(56)38-27-15-5-16-28-38)33-42(32-40)51(60)54-45(36-23-11-3-12-24-36)48(57)39-29-17-6-18-30-39/h1-33,43-48,55-57H,(H,52,58)(H,53,59)(H,54,60)/t43-,44-,45-,46+,47+,48+/m1/s1. The third kappa shape index (κ3) is 9.91. The zero-order valence-electron chi connectivity index (χ0n) is 32.6. The van der Waals surface area contributed by atoms with Gasteiger partial charge in [-0.1, -0.05) is 182 Å². The molecule has 0 unspecified atom stereocenters. The van der Waals surface area contributed by atoms with Crippen molar-refractivity contribution in [3.8, 4) is 0 Å². The molecule has 7 aromatic carbocycles. The van der Waals surface area contributed by atoms with E-state index in [2.05, 4.69) is 16.0 Å². The van der Waals surface area contributed by atoms with E-state index in [0.717, 1.165) is 0 Å². The Kier molecular flexibility index (Phi) is 13.3. The van der Waals surface area contributed by atoms with Gasteiger partial charge in [-0.3, -0.25) is 14.4 Å². The van der Waals surface area contributed by atoms with E-state index in [1.165, 1.54) is 18.2 Å². The molecule has 0 aliphatic carbocycles. The Labute approximate surface area is 349 Å². The van der Waals surface area contributed by atoms with E-state index in [1.807, 2.05) is 36.4 Å². The van der Waals surface area contributed by atoms with Crippen LogP contribution in [0.4, 0.5) is 0 Å². The molecule has 9 nitrogen and oxygen atoms in total. The van der Waals surface area contributed by atoms with Crippen LogP contribution in [-0.4, -0.2) is 33.0 Å². The highest BCUT2D eigenvalue weighted by atomic mass is 16.3. The maximum Gasteiger partial charge on any atom is 0.251 e. The van der Waals surface area contributed by atoms with Crippen LogP contribution in [-0.2, 0) is 0 Å². The van der Waals surface area contributed by atoms with Gasteiger partial charge in [-0.2, -0.15) is 0 Å². The molecule has 60 heavy (non-hydrogen) atoms. The van der Waals surface area contributed by atoms with Gasteiger partial charge in [0.25, 0.3) is 17.7 Å². The average molecular weight is 796 g/mol. The van der Waals surface area contributed by atoms with Gasteiger partial charge in [0.05, 0.1) is 18.1 Å². The second-order valence-electron chi connectivity index (χ2n) is 14.5. The fourth-order valence-corrected chi connectivity index (χ4v) is 7.24. The van der Waals surface area contributed by atoms with Crippen molar-refractivity contribution < 1.29 is 29.7 Å². The summed E-state index contributed by atoms with van der Waals surface area (Å²) in [6.07, 6.45) is -3.45. The van der Waals surface area contributed by atoms with Gasteiger partial charge in [-0.15, -0.1) is 0 Å². The van der Waals surface area contributed by atoms with Crippen LogP contribution in [0.5, 0.6) is 0 Å². The van der Waals surface area contributed by atoms with E-state index in [1.54, 1.807) is 146 Å². The smallest absolute Gasteiger partial charge is 0.251 e. The Morgan fingerprint density at radius 2 is 0.483 bits per heavy atom. The summed E-state index contributed by atoms with van der Waals surface area (Å²) in [4.78, 5) is 43.3. The number of benzene rings is 7. The number of nitrogens with one attached hydrogen (secondary N) is 3. The summed E-state index contributed by atoms with van der Waals surface area (Å²) in [7, 11) is 0. The molecule has 0 bridgehead atoms. The van der Waals surface area contributed by atoms with Crippen LogP contribution < -0.4 is 16.0 Å². The van der Waals surface area contributed by atoms with E-state index in [0.29, 0.717) is 33.4 Å². The normalized spacial score (nSPS) is 14.1. The van der Waals surface area contributed by atoms with E-state index >= 15 is 0 Å². The van der Waals surface area contributed by atoms with Crippen molar-refractivity contribution in [3.05, 3.63) is 250 Å². The first kappa shape index (κ1) is 41.0. The lowest BCUT2D eigenvalue weighted by Gasteiger charge is -2.27. The summed E-state index contributed by atoms with van der Waals surface area (Å²) in [5.41, 5.74) is 3.53. The van der Waals surface area contributed by atoms with Gasteiger partial charge in [-0.25, -0.2) is 0 Å². The second-order valence-corrected chi connectivity index (χ2v) is 14.5. The summed E-state index contributed by atoms with van der Waals surface area (Å²) < 4.78 is 0. The first-order chi connectivity index (χ1) is 29.3. The zero-order valence-corrected chi connectivity index (χ0v) is 32.6. The number of rotatable bonds is 15. The summed E-state index contributed by atoms with van der Waals surface area (Å²) in [5.74, 6) is -1.97. The van der Waals surface area contributed by atoms with Crippen molar-refractivity contribution in [1.82, 2.24) is 16.0 Å². The molecule has 0 aromatic heterocycles. The molecular weight excluding hydrogens is 751 g/mol. The number of carbonyl (C=O) groups is 3. The molecule has 7 aromatic rings. The third-order valence-corrected chi connectivity index (χ3v) is 10.4. The summed E-state index contributed by atoms with van der Waals surface area (Å²) in [6.45, 7) is 0. The Balaban J connectivity index is 1.27. The molecule has 300 valence electrons. The Hall–Kier alpha value is -7.17. The molecule has 6 N–H and O–H groups in total. The van der Waals surface area contributed by atoms with Gasteiger partial charge in [0.15, 0.2) is 0 Å². The van der Waals surface area contributed by atoms with E-state index in [9.17, 15) is 29.7 Å². The summed E-state index contributed by atoms with van der Waals surface area (Å²) in [5, 5.41) is 43.8. The molecule has 9 heteroatoms. The molecular formula is C51H45N3O6. The number of hydrogen-bond acceptors (Lipinski definition) is 6. The van der Waals surface area contributed by atoms with Gasteiger partial charge in [-0.05, 0) is 51.6 Å². The Bertz CT molecular complexity index is 2180. The van der Waals surface area contributed by atoms with Crippen LogP contribution in [0.15, 0.2) is 200 Å². The van der Waals surface area contributed by atoms with E-state index in [-0.39, 0.29) is 16.7 Å². The van der Waals surface area contributed by atoms with Crippen LogP contribution >= 0.6 is 0 Å². The number of hydrogen-bond donors (Lipinski definition) is 6. The molecule has 0 saturated carbocycles. The van der Waals surface area contributed by atoms with Crippen LogP contribution in [0.2, 0.25) is 0 Å². The molecule has 3 amide bonds. The van der Waals surface area contributed by atoms with Crippen molar-refractivity contribution in [3.63, 3.8) is 0 Å². The number of aliphatic hydroxyl groups excluding tert-OH is 3. The number of amides is 3. The van der Waals surface area contributed by atoms with Crippen LogP contribution in [0.25, 0.3) is 0 Å². The summed E-state index contributed by atoms with van der Waals surface area (Å²) in [6, 6.07) is 55.3. The molecule has 0 spiro atoms. The topological polar surface area (TPSA) is 148 Å². The third-order valence-electron chi connectivity index (χ3n) is 10.4. The van der Waals surface area contributed by atoms with Gasteiger partial charge in [0.2, 0.25) is 0 Å². The lowest BCUT2D eigenvalue weighted by atomic mass is 9.94. The van der Waals surface area contributed by atoms with E-state index < -0.39 is 54.2 Å². The maximum atomic E-state index is 14.4. The predicted molar refractivity (Wildman–Crippen MR) is 231 cm³/mol. The fraction of sp³-hybridized carbons (Fsp3) is 0.118. The molecule has 7 rings (SSSR count). The fourth-order valence-electron chi connectivity index (χ4n) is 7.24. The lowest BCUT2D eigenvalue weighted by Crippen LogP contribution is -2.35. The highest BCUT2D eigenvalue weighted by molar-refractivity contribution is 6.05. The highest BCUT2D eigenvalue weighted by Gasteiger charge is 2.30. The Morgan fingerprint density at radius 1 is 0.300 bits per heavy atom. The maximum absolute atomic E-state index is 14.4. The predicted octanol–water partition coefficient (Wildman–Crippen LogP) is 8.30. The van der Waals surface area contributed by atoms with Crippen molar-refractivity contribution in [2.75, 3.05) is 0 Å². The van der Waals surface area contributed by atoms with Gasteiger partial charge in [0, 0.05) is 16.7 Å². The van der Waals surface area contributed by atoms with Crippen LogP contribution in [0.3, 0.4) is 0 Å². The van der Waals surface area contributed by atoms with Crippen molar-refractivity contribution >= 4 is 17.7 Å². The van der Waals surface area contributed by atoms with Crippen molar-refractivity contribution in [2.24, 2.45) is 0 Å². The molecule has 0 heterocycles.